The quantitative estimate of drug-likeness (QED) is 0.453. The maximum atomic E-state index is 14.6. The minimum absolute atomic E-state index is 0.129. The number of ether oxygens (including phenoxy) is 1. The highest BCUT2D eigenvalue weighted by Crippen LogP contribution is 2.24. The zero-order chi connectivity index (χ0) is 23.7. The Balaban J connectivity index is 1.87. The van der Waals surface area contributed by atoms with E-state index in [1.807, 2.05) is 0 Å². The smallest absolute Gasteiger partial charge is 0.337 e. The number of imidazole rings is 1. The predicted molar refractivity (Wildman–Crippen MR) is 123 cm³/mol. The molecule has 1 heterocycles. The Bertz CT molecular complexity index is 1460. The van der Waals surface area contributed by atoms with Crippen molar-refractivity contribution in [1.82, 2.24) is 14.5 Å². The highest BCUT2D eigenvalue weighted by atomic mass is 35.5. The molecule has 1 amide bonds. The zero-order valence-electron chi connectivity index (χ0n) is 17.8. The van der Waals surface area contributed by atoms with Crippen LogP contribution in [-0.2, 0) is 11.3 Å². The van der Waals surface area contributed by atoms with Gasteiger partial charge < -0.3 is 10.1 Å². The highest BCUT2D eigenvalue weighted by Gasteiger charge is 2.18. The van der Waals surface area contributed by atoms with E-state index >= 15 is 0 Å². The molecule has 0 saturated carbocycles. The number of esters is 1. The molecule has 0 bridgehead atoms. The van der Waals surface area contributed by atoms with E-state index in [1.54, 1.807) is 42.5 Å². The molecule has 0 fully saturated rings. The van der Waals surface area contributed by atoms with Crippen LogP contribution in [0.5, 0.6) is 0 Å². The summed E-state index contributed by atoms with van der Waals surface area (Å²) in [5, 5.41) is 2.78. The van der Waals surface area contributed by atoms with Gasteiger partial charge in [-0.2, -0.15) is 0 Å². The van der Waals surface area contributed by atoms with E-state index in [0.29, 0.717) is 27.2 Å². The minimum Gasteiger partial charge on any atom is -0.465 e. The second-order valence-corrected chi connectivity index (χ2v) is 7.71. The van der Waals surface area contributed by atoms with Crippen molar-refractivity contribution in [2.24, 2.45) is 0 Å². The summed E-state index contributed by atoms with van der Waals surface area (Å²) in [5.41, 5.74) is 1.81. The van der Waals surface area contributed by atoms with E-state index < -0.39 is 23.4 Å². The summed E-state index contributed by atoms with van der Waals surface area (Å²) in [4.78, 5) is 37.2. The Morgan fingerprint density at radius 2 is 1.85 bits per heavy atom. The number of hydrogen-bond acceptors (Lipinski definition) is 4. The largest absolute Gasteiger partial charge is 0.465 e. The van der Waals surface area contributed by atoms with Crippen molar-refractivity contribution in [3.05, 3.63) is 98.7 Å². The molecule has 0 radical (unpaired) electrons. The zero-order valence-corrected chi connectivity index (χ0v) is 18.5. The number of hydrogen-bond donors (Lipinski definition) is 1. The van der Waals surface area contributed by atoms with Crippen molar-refractivity contribution in [2.75, 3.05) is 14.2 Å². The molecule has 0 aliphatic heterocycles. The van der Waals surface area contributed by atoms with Gasteiger partial charge in [-0.1, -0.05) is 23.7 Å². The molecule has 0 atom stereocenters. The molecular formula is C24H19ClFN3O4. The van der Waals surface area contributed by atoms with Crippen LogP contribution in [0, 0.1) is 5.82 Å². The molecule has 168 valence electrons. The summed E-state index contributed by atoms with van der Waals surface area (Å²) in [7, 11) is 2.70. The van der Waals surface area contributed by atoms with Crippen LogP contribution in [0.3, 0.4) is 0 Å². The van der Waals surface area contributed by atoms with Gasteiger partial charge in [0.05, 0.1) is 41.5 Å². The van der Waals surface area contributed by atoms with Crippen LogP contribution in [0.25, 0.3) is 16.7 Å². The summed E-state index contributed by atoms with van der Waals surface area (Å²) >= 11 is 6.19. The van der Waals surface area contributed by atoms with Crippen LogP contribution in [0.4, 0.5) is 4.39 Å². The van der Waals surface area contributed by atoms with E-state index in [0.717, 1.165) is 6.07 Å². The SMILES string of the molecule is CNC(=O)c1ccc(-n2c(=O)n(Cc3cccc(C(=O)OC)c3)c3ccc(Cl)cc32)cc1F. The number of carbonyl (C=O) groups is 2. The third kappa shape index (κ3) is 4.12. The number of carbonyl (C=O) groups excluding carboxylic acids is 2. The number of aromatic nitrogens is 2. The normalized spacial score (nSPS) is 10.9. The molecule has 0 saturated heterocycles. The van der Waals surface area contributed by atoms with Gasteiger partial charge in [0.25, 0.3) is 5.91 Å². The molecule has 3 aromatic carbocycles. The van der Waals surface area contributed by atoms with E-state index in [-0.39, 0.29) is 17.8 Å². The van der Waals surface area contributed by atoms with Gasteiger partial charge in [-0.15, -0.1) is 0 Å². The molecular weight excluding hydrogens is 449 g/mol. The Hall–Kier alpha value is -3.91. The van der Waals surface area contributed by atoms with Crippen molar-refractivity contribution in [2.45, 2.75) is 6.54 Å². The Morgan fingerprint density at radius 3 is 2.55 bits per heavy atom. The van der Waals surface area contributed by atoms with Gasteiger partial charge in [0, 0.05) is 12.1 Å². The van der Waals surface area contributed by atoms with E-state index in [1.165, 1.54) is 35.4 Å². The van der Waals surface area contributed by atoms with Gasteiger partial charge in [-0.25, -0.2) is 14.0 Å². The first-order chi connectivity index (χ1) is 15.8. The number of amides is 1. The van der Waals surface area contributed by atoms with Crippen LogP contribution < -0.4 is 11.0 Å². The van der Waals surface area contributed by atoms with E-state index in [2.05, 4.69) is 5.32 Å². The number of methoxy groups -OCH3 is 1. The van der Waals surface area contributed by atoms with Crippen LogP contribution >= 0.6 is 11.6 Å². The first-order valence-electron chi connectivity index (χ1n) is 9.94. The van der Waals surface area contributed by atoms with Gasteiger partial charge in [0.1, 0.15) is 5.82 Å². The number of fused-ring (bicyclic) bond motifs is 1. The lowest BCUT2D eigenvalue weighted by atomic mass is 10.1. The lowest BCUT2D eigenvalue weighted by Crippen LogP contribution is -2.24. The molecule has 9 heteroatoms. The maximum Gasteiger partial charge on any atom is 0.337 e. The van der Waals surface area contributed by atoms with Crippen LogP contribution in [-0.4, -0.2) is 35.2 Å². The second kappa shape index (κ2) is 8.91. The minimum atomic E-state index is -0.757. The van der Waals surface area contributed by atoms with Crippen molar-refractivity contribution in [1.29, 1.82) is 0 Å². The van der Waals surface area contributed by atoms with Crippen molar-refractivity contribution in [3.8, 4) is 5.69 Å². The van der Waals surface area contributed by atoms with Gasteiger partial charge >= 0.3 is 11.7 Å². The topological polar surface area (TPSA) is 82.3 Å². The summed E-state index contributed by atoms with van der Waals surface area (Å²) in [6.45, 7) is 0.160. The molecule has 0 spiro atoms. The third-order valence-corrected chi connectivity index (χ3v) is 5.50. The summed E-state index contributed by atoms with van der Waals surface area (Å²) in [6.07, 6.45) is 0. The average Bonchev–Trinajstić information content (AvgIpc) is 3.08. The molecule has 7 nitrogen and oxygen atoms in total. The fourth-order valence-corrected chi connectivity index (χ4v) is 3.86. The Kier molecular flexibility index (Phi) is 6.02. The van der Waals surface area contributed by atoms with Crippen LogP contribution in [0.1, 0.15) is 26.3 Å². The Labute approximate surface area is 193 Å². The standard InChI is InChI=1S/C24H19ClFN3O4/c1-27-22(30)18-8-7-17(12-19(18)26)29-21-11-16(25)6-9-20(21)28(24(29)32)13-14-4-3-5-15(10-14)23(31)33-2/h3-12H,13H2,1-2H3,(H,27,30). The monoisotopic (exact) mass is 467 g/mol. The summed E-state index contributed by atoms with van der Waals surface area (Å²) < 4.78 is 22.2. The Morgan fingerprint density at radius 1 is 1.06 bits per heavy atom. The maximum absolute atomic E-state index is 14.6. The van der Waals surface area contributed by atoms with Crippen molar-refractivity contribution >= 4 is 34.5 Å². The molecule has 0 aliphatic rings. The number of nitrogens with one attached hydrogen (secondary N) is 1. The third-order valence-electron chi connectivity index (χ3n) is 5.26. The van der Waals surface area contributed by atoms with Gasteiger partial charge in [-0.05, 0) is 54.1 Å². The summed E-state index contributed by atoms with van der Waals surface area (Å²) in [6, 6.07) is 15.7. The molecule has 0 aliphatic carbocycles. The fraction of sp³-hybridized carbons (Fsp3) is 0.125. The first-order valence-corrected chi connectivity index (χ1v) is 10.3. The second-order valence-electron chi connectivity index (χ2n) is 7.27. The first kappa shape index (κ1) is 22.3. The molecule has 1 aromatic heterocycles. The summed E-state index contributed by atoms with van der Waals surface area (Å²) in [5.74, 6) is -1.81. The molecule has 1 N–H and O–H groups in total. The van der Waals surface area contributed by atoms with Crippen molar-refractivity contribution in [3.63, 3.8) is 0 Å². The van der Waals surface area contributed by atoms with E-state index in [4.69, 9.17) is 16.3 Å². The highest BCUT2D eigenvalue weighted by molar-refractivity contribution is 6.31. The van der Waals surface area contributed by atoms with Crippen LogP contribution in [0.2, 0.25) is 5.02 Å². The predicted octanol–water partition coefficient (Wildman–Crippen LogP) is 3.78. The fourth-order valence-electron chi connectivity index (χ4n) is 3.69. The average molecular weight is 468 g/mol. The number of halogens is 2. The van der Waals surface area contributed by atoms with E-state index in [9.17, 15) is 18.8 Å². The lowest BCUT2D eigenvalue weighted by Gasteiger charge is -2.07. The van der Waals surface area contributed by atoms with Gasteiger partial charge in [-0.3, -0.25) is 13.9 Å². The molecule has 4 aromatic rings. The molecule has 4 rings (SSSR count). The lowest BCUT2D eigenvalue weighted by molar-refractivity contribution is 0.0600. The number of rotatable bonds is 5. The molecule has 33 heavy (non-hydrogen) atoms. The van der Waals surface area contributed by atoms with Crippen molar-refractivity contribution < 1.29 is 18.7 Å². The molecule has 0 unspecified atom stereocenters. The van der Waals surface area contributed by atoms with Crippen LogP contribution in [0.15, 0.2) is 65.5 Å². The van der Waals surface area contributed by atoms with Gasteiger partial charge in [0.15, 0.2) is 0 Å². The number of benzene rings is 3. The number of nitrogens with zero attached hydrogens (tertiary/aromatic N) is 2. The van der Waals surface area contributed by atoms with Gasteiger partial charge in [0.2, 0.25) is 0 Å².